The van der Waals surface area contributed by atoms with E-state index in [-0.39, 0.29) is 8.33 Å². The summed E-state index contributed by atoms with van der Waals surface area (Å²) in [6.45, 7) is 4.68. The van der Waals surface area contributed by atoms with Gasteiger partial charge in [0.15, 0.2) is 0 Å². The van der Waals surface area contributed by atoms with Gasteiger partial charge in [-0.15, -0.1) is 10.2 Å². The number of aromatic nitrogens is 4. The van der Waals surface area contributed by atoms with Crippen molar-refractivity contribution in [2.24, 2.45) is 0 Å². The number of nitrogens with one attached hydrogen (secondary N) is 1. The molecule has 0 saturated heterocycles. The lowest BCUT2D eigenvalue weighted by Crippen LogP contribution is -2.04. The molecule has 4 aromatic rings. The summed E-state index contributed by atoms with van der Waals surface area (Å²) >= 11 is 0. The molecule has 0 aliphatic carbocycles. The number of nitrogens with zero attached hydrogens (tertiary/aromatic N) is 4. The molecule has 0 aliphatic heterocycles. The Morgan fingerprint density at radius 1 is 1.00 bits per heavy atom. The smallest absolute Gasteiger partial charge is 0.268 e. The largest absolute Gasteiger partial charge is 0.415 e. The van der Waals surface area contributed by atoms with Crippen LogP contribution in [0.15, 0.2) is 64.0 Å². The van der Waals surface area contributed by atoms with Gasteiger partial charge < -0.3 is 15.2 Å². The van der Waals surface area contributed by atoms with Gasteiger partial charge in [-0.2, -0.15) is 0 Å². The van der Waals surface area contributed by atoms with Gasteiger partial charge in [0.05, 0.1) is 28.4 Å². The molecule has 3 N–H and O–H groups in total. The fourth-order valence-corrected chi connectivity index (χ4v) is 4.32. The summed E-state index contributed by atoms with van der Waals surface area (Å²) in [6, 6.07) is 15.6. The van der Waals surface area contributed by atoms with Crippen molar-refractivity contribution in [1.82, 2.24) is 25.5 Å². The fourth-order valence-electron chi connectivity index (χ4n) is 3.28. The van der Waals surface area contributed by atoms with Crippen molar-refractivity contribution in [3.8, 4) is 34.3 Å². The zero-order valence-electron chi connectivity index (χ0n) is 18.8. The highest BCUT2D eigenvalue weighted by Crippen LogP contribution is 2.27. The second kappa shape index (κ2) is 11.0. The summed E-state index contributed by atoms with van der Waals surface area (Å²) in [5.74, 6) is 1.42. The van der Waals surface area contributed by atoms with Crippen LogP contribution in [0, 0.1) is 6.92 Å². The molecule has 0 fully saturated rings. The van der Waals surface area contributed by atoms with E-state index < -0.39 is 10.8 Å². The quantitative estimate of drug-likeness (QED) is 0.412. The van der Waals surface area contributed by atoms with Crippen LogP contribution in [-0.2, 0) is 17.3 Å². The Kier molecular flexibility index (Phi) is 8.16. The van der Waals surface area contributed by atoms with Crippen LogP contribution in [0.5, 0.6) is 0 Å². The first kappa shape index (κ1) is 24.4. The molecule has 0 spiro atoms. The molecular formula is C24H31N5O3S. The van der Waals surface area contributed by atoms with Crippen molar-refractivity contribution in [3.05, 3.63) is 66.0 Å². The molecule has 176 valence electrons. The minimum absolute atomic E-state index is 0. The third-order valence-electron chi connectivity index (χ3n) is 4.97. The Labute approximate surface area is 198 Å². The van der Waals surface area contributed by atoms with Gasteiger partial charge in [-0.05, 0) is 50.2 Å². The molecule has 2 heterocycles. The van der Waals surface area contributed by atoms with E-state index in [0.29, 0.717) is 34.6 Å². The molecule has 4 rings (SSSR count). The highest BCUT2D eigenvalue weighted by molar-refractivity contribution is 7.85. The predicted molar refractivity (Wildman–Crippen MR) is 133 cm³/mol. The van der Waals surface area contributed by atoms with Crippen LogP contribution < -0.4 is 5.32 Å². The molecule has 1 unspecified atom stereocenters. The van der Waals surface area contributed by atoms with Crippen LogP contribution in [0.3, 0.4) is 0 Å². The maximum Gasteiger partial charge on any atom is 0.268 e. The minimum Gasteiger partial charge on any atom is -0.415 e. The van der Waals surface area contributed by atoms with Gasteiger partial charge in [-0.3, -0.25) is 9.19 Å². The molecule has 9 heteroatoms. The molecule has 33 heavy (non-hydrogen) atoms. The zero-order chi connectivity index (χ0) is 22.5. The average Bonchev–Trinajstić information content (AvgIpc) is 3.30. The highest BCUT2D eigenvalue weighted by atomic mass is 32.2. The molecular weight excluding hydrogens is 438 g/mol. The Balaban J connectivity index is 0.00000204. The lowest BCUT2D eigenvalue weighted by atomic mass is 10.1. The van der Waals surface area contributed by atoms with Crippen molar-refractivity contribution in [2.75, 3.05) is 12.8 Å². The van der Waals surface area contributed by atoms with E-state index in [2.05, 4.69) is 20.5 Å². The van der Waals surface area contributed by atoms with Crippen molar-refractivity contribution >= 4 is 10.8 Å². The molecule has 8 nitrogen and oxygen atoms in total. The summed E-state index contributed by atoms with van der Waals surface area (Å²) in [7, 11) is 0.937. The molecule has 0 bridgehead atoms. The monoisotopic (exact) mass is 469 g/mol. The predicted octanol–water partition coefficient (Wildman–Crippen LogP) is 4.07. The van der Waals surface area contributed by atoms with E-state index in [0.717, 1.165) is 29.0 Å². The van der Waals surface area contributed by atoms with Gasteiger partial charge in [0, 0.05) is 31.2 Å². The summed E-state index contributed by atoms with van der Waals surface area (Å²) in [6.07, 6.45) is 2.60. The average molecular weight is 470 g/mol. The second-order valence-electron chi connectivity index (χ2n) is 7.40. The number of hydrogen-bond acceptors (Lipinski definition) is 7. The van der Waals surface area contributed by atoms with E-state index in [4.69, 9.17) is 9.40 Å². The molecule has 0 radical (unpaired) electrons. The third kappa shape index (κ3) is 5.57. The molecule has 0 saturated carbocycles. The van der Waals surface area contributed by atoms with Crippen molar-refractivity contribution in [3.63, 3.8) is 0 Å². The Morgan fingerprint density at radius 2 is 1.67 bits per heavy atom. The standard InChI is InChI=1S/C24H25N5O2S.H2O.2H2/c1-4-13-32(30)20-11-9-18(10-12-20)21-15-26-16(2)22(27-21)24-29-28-23(31-24)19-7-5-17(6-8-19)14-25-3;;;/h5-12,15,25H,4,13-14H2,1-3H3;1H2;2*1H. The van der Waals surface area contributed by atoms with Crippen molar-refractivity contribution < 1.29 is 17.0 Å². The summed E-state index contributed by atoms with van der Waals surface area (Å²) in [4.78, 5) is 10.0. The number of hydrogen-bond donors (Lipinski definition) is 1. The molecule has 2 aromatic carbocycles. The molecule has 1 atom stereocenters. The zero-order valence-corrected chi connectivity index (χ0v) is 19.6. The lowest BCUT2D eigenvalue weighted by Gasteiger charge is -2.06. The maximum absolute atomic E-state index is 12.2. The molecule has 0 aliphatic rings. The van der Waals surface area contributed by atoms with E-state index in [1.54, 1.807) is 6.20 Å². The van der Waals surface area contributed by atoms with E-state index in [1.807, 2.05) is 69.4 Å². The topological polar surface area (TPSA) is 125 Å². The van der Waals surface area contributed by atoms with Crippen LogP contribution in [0.2, 0.25) is 0 Å². The van der Waals surface area contributed by atoms with E-state index >= 15 is 0 Å². The van der Waals surface area contributed by atoms with Gasteiger partial charge >= 0.3 is 0 Å². The van der Waals surface area contributed by atoms with Gasteiger partial charge in [0.1, 0.15) is 5.69 Å². The molecule has 0 amide bonds. The van der Waals surface area contributed by atoms with E-state index in [9.17, 15) is 4.21 Å². The molecule has 2 aromatic heterocycles. The van der Waals surface area contributed by atoms with Crippen LogP contribution >= 0.6 is 0 Å². The first-order chi connectivity index (χ1) is 15.6. The first-order valence-electron chi connectivity index (χ1n) is 10.5. The minimum atomic E-state index is -0.977. The second-order valence-corrected chi connectivity index (χ2v) is 8.97. The fraction of sp³-hybridized carbons (Fsp3) is 0.250. The summed E-state index contributed by atoms with van der Waals surface area (Å²) < 4.78 is 18.1. The first-order valence-corrected chi connectivity index (χ1v) is 11.8. The SMILES string of the molecule is CCCS(=O)c1ccc(-c2cnc(C)c(-c3nnc(-c4ccc(CNC)cc4)o3)n2)cc1.O.[HH].[HH]. The van der Waals surface area contributed by atoms with E-state index in [1.165, 1.54) is 5.56 Å². The normalized spacial score (nSPS) is 11.7. The number of aryl methyl sites for hydroxylation is 1. The summed E-state index contributed by atoms with van der Waals surface area (Å²) in [5, 5.41) is 11.5. The van der Waals surface area contributed by atoms with Crippen LogP contribution in [0.25, 0.3) is 34.3 Å². The van der Waals surface area contributed by atoms with Crippen LogP contribution in [0.4, 0.5) is 0 Å². The number of rotatable bonds is 8. The Bertz CT molecular complexity index is 1230. The van der Waals surface area contributed by atoms with Gasteiger partial charge in [0.25, 0.3) is 5.89 Å². The highest BCUT2D eigenvalue weighted by Gasteiger charge is 2.16. The maximum atomic E-state index is 12.2. The van der Waals surface area contributed by atoms with Crippen LogP contribution in [-0.4, -0.2) is 42.7 Å². The van der Waals surface area contributed by atoms with Crippen molar-refractivity contribution in [1.29, 1.82) is 0 Å². The third-order valence-corrected chi connectivity index (χ3v) is 6.54. The number of benzene rings is 2. The Hall–Kier alpha value is -3.27. The summed E-state index contributed by atoms with van der Waals surface area (Å²) in [5.41, 5.74) is 4.85. The van der Waals surface area contributed by atoms with Gasteiger partial charge in [-0.25, -0.2) is 4.98 Å². The van der Waals surface area contributed by atoms with Gasteiger partial charge in [-0.1, -0.05) is 31.2 Å². The van der Waals surface area contributed by atoms with Crippen molar-refractivity contribution in [2.45, 2.75) is 31.7 Å². The van der Waals surface area contributed by atoms with Crippen LogP contribution in [0.1, 0.15) is 27.5 Å². The van der Waals surface area contributed by atoms with Gasteiger partial charge in [0.2, 0.25) is 5.89 Å². The Morgan fingerprint density at radius 3 is 2.33 bits per heavy atom. The lowest BCUT2D eigenvalue weighted by molar-refractivity contribution is 0.581.